The molecule has 2 N–H and O–H groups in total. The number of benzene rings is 2. The van der Waals surface area contributed by atoms with Gasteiger partial charge in [0.15, 0.2) is 0 Å². The summed E-state index contributed by atoms with van der Waals surface area (Å²) in [5.74, 6) is 1.18. The van der Waals surface area contributed by atoms with Crippen molar-refractivity contribution in [2.45, 2.75) is 71.4 Å². The third kappa shape index (κ3) is 7.71. The molecular weight excluding hydrogens is 496 g/mol. The number of amides is 2. The van der Waals surface area contributed by atoms with Crippen LogP contribution in [0.2, 0.25) is 5.02 Å². The Kier molecular flexibility index (Phi) is 10.5. The van der Waals surface area contributed by atoms with E-state index < -0.39 is 0 Å². The molecule has 2 heterocycles. The number of hydrogen-bond acceptors (Lipinski definition) is 4. The van der Waals surface area contributed by atoms with Gasteiger partial charge in [0.1, 0.15) is 0 Å². The summed E-state index contributed by atoms with van der Waals surface area (Å²) >= 11 is 6.10. The Morgan fingerprint density at radius 1 is 1.08 bits per heavy atom. The van der Waals surface area contributed by atoms with Crippen LogP contribution in [-0.2, 0) is 4.79 Å². The maximum Gasteiger partial charge on any atom is 0.251 e. The smallest absolute Gasteiger partial charge is 0.251 e. The predicted molar refractivity (Wildman–Crippen MR) is 157 cm³/mol. The summed E-state index contributed by atoms with van der Waals surface area (Å²) in [5.41, 5.74) is 0.635. The molecule has 6 nitrogen and oxygen atoms in total. The van der Waals surface area contributed by atoms with E-state index >= 15 is 0 Å². The summed E-state index contributed by atoms with van der Waals surface area (Å²) in [4.78, 5) is 31.3. The summed E-state index contributed by atoms with van der Waals surface area (Å²) in [7, 11) is 0. The Morgan fingerprint density at radius 3 is 2.55 bits per heavy atom. The molecule has 0 spiro atoms. The van der Waals surface area contributed by atoms with Gasteiger partial charge in [-0.1, -0.05) is 57.3 Å². The number of hydrogen-bond donors (Lipinski definition) is 2. The second-order valence-corrected chi connectivity index (χ2v) is 11.9. The van der Waals surface area contributed by atoms with Crippen molar-refractivity contribution in [1.82, 2.24) is 20.4 Å². The minimum Gasteiger partial charge on any atom is -0.350 e. The largest absolute Gasteiger partial charge is 0.350 e. The Labute approximate surface area is 233 Å². The van der Waals surface area contributed by atoms with E-state index in [1.165, 1.54) is 19.3 Å². The van der Waals surface area contributed by atoms with Crippen LogP contribution in [0.1, 0.15) is 69.7 Å². The van der Waals surface area contributed by atoms with Crippen molar-refractivity contribution in [3.8, 4) is 0 Å². The molecule has 2 aromatic rings. The number of piperidine rings is 1. The van der Waals surface area contributed by atoms with Gasteiger partial charge < -0.3 is 20.4 Å². The molecule has 0 aliphatic carbocycles. The van der Waals surface area contributed by atoms with Gasteiger partial charge in [-0.2, -0.15) is 0 Å². The number of fused-ring (bicyclic) bond motifs is 1. The molecule has 2 aliphatic heterocycles. The van der Waals surface area contributed by atoms with Crippen molar-refractivity contribution in [3.63, 3.8) is 0 Å². The first-order chi connectivity index (χ1) is 18.3. The van der Waals surface area contributed by atoms with Gasteiger partial charge in [-0.3, -0.25) is 9.59 Å². The second kappa shape index (κ2) is 13.8. The Hall–Kier alpha value is -2.15. The van der Waals surface area contributed by atoms with Crippen molar-refractivity contribution in [1.29, 1.82) is 0 Å². The van der Waals surface area contributed by atoms with Crippen LogP contribution in [-0.4, -0.2) is 73.0 Å². The molecule has 2 aromatic carbocycles. The van der Waals surface area contributed by atoms with E-state index in [1.54, 1.807) is 0 Å². The van der Waals surface area contributed by atoms with E-state index in [0.29, 0.717) is 29.0 Å². The number of nitrogens with one attached hydrogen (secondary N) is 2. The summed E-state index contributed by atoms with van der Waals surface area (Å²) in [6.07, 6.45) is 6.53. The third-order valence-electron chi connectivity index (χ3n) is 8.47. The van der Waals surface area contributed by atoms with Crippen molar-refractivity contribution < 1.29 is 9.59 Å². The first-order valence-electron chi connectivity index (χ1n) is 14.6. The average molecular weight is 541 g/mol. The molecular formula is C31H45ClN4O2. The number of carbonyl (C=O) groups excluding carboxylic acids is 2. The second-order valence-electron chi connectivity index (χ2n) is 11.5. The maximum absolute atomic E-state index is 13.7. The van der Waals surface area contributed by atoms with Gasteiger partial charge in [0.25, 0.3) is 5.91 Å². The maximum atomic E-state index is 13.7. The fourth-order valence-corrected chi connectivity index (χ4v) is 6.08. The monoisotopic (exact) mass is 540 g/mol. The number of rotatable bonds is 10. The molecule has 7 heteroatoms. The molecule has 2 fully saturated rings. The van der Waals surface area contributed by atoms with Crippen LogP contribution in [0.25, 0.3) is 10.8 Å². The molecule has 2 amide bonds. The van der Waals surface area contributed by atoms with Crippen molar-refractivity contribution in [2.24, 2.45) is 11.8 Å². The Morgan fingerprint density at radius 2 is 1.82 bits per heavy atom. The fraction of sp³-hybridized carbons (Fsp3) is 0.613. The highest BCUT2D eigenvalue weighted by Crippen LogP contribution is 2.22. The first-order valence-corrected chi connectivity index (χ1v) is 15.0. The van der Waals surface area contributed by atoms with Crippen LogP contribution in [0.3, 0.4) is 0 Å². The van der Waals surface area contributed by atoms with E-state index in [4.69, 9.17) is 11.6 Å². The van der Waals surface area contributed by atoms with Crippen molar-refractivity contribution in [2.75, 3.05) is 39.3 Å². The first kappa shape index (κ1) is 28.8. The van der Waals surface area contributed by atoms with E-state index in [-0.39, 0.29) is 23.9 Å². The zero-order chi connectivity index (χ0) is 27.1. The lowest BCUT2D eigenvalue weighted by Gasteiger charge is -2.31. The zero-order valence-corrected chi connectivity index (χ0v) is 24.1. The molecule has 3 atom stereocenters. The Balaban J connectivity index is 1.41. The van der Waals surface area contributed by atoms with Crippen LogP contribution >= 0.6 is 11.6 Å². The van der Waals surface area contributed by atoms with Crippen LogP contribution in [0.15, 0.2) is 36.4 Å². The van der Waals surface area contributed by atoms with Gasteiger partial charge in [-0.05, 0) is 85.6 Å². The van der Waals surface area contributed by atoms with Gasteiger partial charge in [0.05, 0.1) is 6.04 Å². The molecule has 38 heavy (non-hydrogen) atoms. The quantitative estimate of drug-likeness (QED) is 0.427. The van der Waals surface area contributed by atoms with Gasteiger partial charge in [-0.25, -0.2) is 0 Å². The highest BCUT2D eigenvalue weighted by Gasteiger charge is 2.32. The number of halogens is 1. The lowest BCUT2D eigenvalue weighted by molar-refractivity contribution is -0.133. The van der Waals surface area contributed by atoms with Gasteiger partial charge in [-0.15, -0.1) is 0 Å². The molecule has 2 saturated heterocycles. The summed E-state index contributed by atoms with van der Waals surface area (Å²) in [6, 6.07) is 11.2. The number of likely N-dealkylation sites (tertiary alicyclic amines) is 1. The van der Waals surface area contributed by atoms with E-state index in [0.717, 1.165) is 62.8 Å². The summed E-state index contributed by atoms with van der Waals surface area (Å²) < 4.78 is 0. The summed E-state index contributed by atoms with van der Waals surface area (Å²) in [5, 5.41) is 9.47. The van der Waals surface area contributed by atoms with Crippen LogP contribution < -0.4 is 10.6 Å². The minimum absolute atomic E-state index is 0.0534. The average Bonchev–Trinajstić information content (AvgIpc) is 3.07. The minimum atomic E-state index is -0.212. The molecule has 0 unspecified atom stereocenters. The predicted octanol–water partition coefficient (Wildman–Crippen LogP) is 5.34. The molecule has 208 valence electrons. The highest BCUT2D eigenvalue weighted by atomic mass is 35.5. The SMILES string of the molecule is CC[C@@H](CN1CC[C@@H](CNC(=O)c2ccc3cc(Cl)ccc3c2)N[C@@H](CCN2CCCCC2)C1=O)C(C)C. The van der Waals surface area contributed by atoms with Gasteiger partial charge >= 0.3 is 0 Å². The zero-order valence-electron chi connectivity index (χ0n) is 23.3. The molecule has 0 aromatic heterocycles. The third-order valence-corrected chi connectivity index (χ3v) is 8.71. The van der Waals surface area contributed by atoms with Crippen LogP contribution in [0.4, 0.5) is 0 Å². The fourth-order valence-electron chi connectivity index (χ4n) is 5.90. The Bertz CT molecular complexity index is 1080. The van der Waals surface area contributed by atoms with Gasteiger partial charge in [0, 0.05) is 42.8 Å². The number of nitrogens with zero attached hydrogens (tertiary/aromatic N) is 2. The van der Waals surface area contributed by atoms with E-state index in [9.17, 15) is 9.59 Å². The molecule has 2 aliphatic rings. The van der Waals surface area contributed by atoms with Gasteiger partial charge in [0.2, 0.25) is 5.91 Å². The molecule has 4 rings (SSSR count). The lowest BCUT2D eigenvalue weighted by atomic mass is 9.92. The van der Waals surface area contributed by atoms with E-state index in [1.807, 2.05) is 36.4 Å². The number of carbonyl (C=O) groups is 2. The summed E-state index contributed by atoms with van der Waals surface area (Å²) in [6.45, 7) is 12.0. The molecule has 0 saturated carbocycles. The standard InChI is InChI=1S/C31H45ClN4O2/c1-4-23(22(2)3)21-36-17-12-28(34-29(31(36)38)13-16-35-14-6-5-7-15-35)20-33-30(37)26-9-8-25-19-27(32)11-10-24(25)18-26/h8-11,18-19,22-23,28-29,34H,4-7,12-17,20-21H2,1-3H3,(H,33,37)/t23-,28-,29-/m0/s1. The van der Waals surface area contributed by atoms with Crippen LogP contribution in [0.5, 0.6) is 0 Å². The lowest BCUT2D eigenvalue weighted by Crippen LogP contribution is -2.50. The van der Waals surface area contributed by atoms with Crippen molar-refractivity contribution >= 4 is 34.2 Å². The topological polar surface area (TPSA) is 64.7 Å². The normalized spacial score (nSPS) is 22.0. The molecule has 0 bridgehead atoms. The van der Waals surface area contributed by atoms with Crippen molar-refractivity contribution in [3.05, 3.63) is 47.0 Å². The van der Waals surface area contributed by atoms with E-state index in [2.05, 4.69) is 41.2 Å². The van der Waals surface area contributed by atoms with Crippen LogP contribution in [0, 0.1) is 11.8 Å². The molecule has 0 radical (unpaired) electrons. The highest BCUT2D eigenvalue weighted by molar-refractivity contribution is 6.31.